The van der Waals surface area contributed by atoms with Gasteiger partial charge in [-0.3, -0.25) is 4.79 Å². The first kappa shape index (κ1) is 20.1. The van der Waals surface area contributed by atoms with Crippen LogP contribution in [0.25, 0.3) is 0 Å². The first-order chi connectivity index (χ1) is 12.5. The Labute approximate surface area is 160 Å². The lowest BCUT2D eigenvalue weighted by atomic mass is 10.0. The highest BCUT2D eigenvalue weighted by atomic mass is 32.2. The largest absolute Gasteiger partial charge is 0.352 e. The summed E-state index contributed by atoms with van der Waals surface area (Å²) >= 11 is 1.49. The minimum Gasteiger partial charge on any atom is -0.352 e. The topological polar surface area (TPSA) is 52.9 Å². The molecule has 0 atom stereocenters. The maximum Gasteiger partial charge on any atom is 0.252 e. The van der Waals surface area contributed by atoms with Gasteiger partial charge in [0.2, 0.25) is 0 Å². The van der Waals surface area contributed by atoms with Crippen LogP contribution < -0.4 is 5.32 Å². The lowest BCUT2D eigenvalue weighted by Gasteiger charge is -2.12. The minimum atomic E-state index is -0.0570. The third-order valence-electron chi connectivity index (χ3n) is 3.98. The molecule has 0 fully saturated rings. The number of hydrogen-bond acceptors (Lipinski definition) is 3. The molecule has 0 unspecified atom stereocenters. The molecule has 0 aliphatic rings. The second-order valence-corrected chi connectivity index (χ2v) is 7.83. The van der Waals surface area contributed by atoms with E-state index in [9.17, 15) is 10.1 Å². The molecule has 0 bridgehead atoms. The van der Waals surface area contributed by atoms with Gasteiger partial charge in [0, 0.05) is 16.3 Å². The number of unbranched alkanes of at least 4 members (excludes halogenated alkanes) is 1. The molecule has 0 aromatic heterocycles. The molecule has 3 nitrogen and oxygen atoms in total. The first-order valence-corrected chi connectivity index (χ1v) is 9.95. The van der Waals surface area contributed by atoms with Crippen molar-refractivity contribution in [3.8, 4) is 6.07 Å². The van der Waals surface area contributed by atoms with Crippen LogP contribution in [-0.4, -0.2) is 12.5 Å². The van der Waals surface area contributed by atoms with E-state index in [1.807, 2.05) is 36.4 Å². The van der Waals surface area contributed by atoms with Gasteiger partial charge < -0.3 is 5.32 Å². The fourth-order valence-corrected chi connectivity index (χ4v) is 3.77. The minimum absolute atomic E-state index is 0.0570. The van der Waals surface area contributed by atoms with Crippen molar-refractivity contribution >= 4 is 17.7 Å². The zero-order valence-corrected chi connectivity index (χ0v) is 16.5. The molecule has 2 aromatic rings. The molecule has 0 saturated carbocycles. The number of carbonyl (C=O) groups excluding carboxylic acids is 1. The van der Waals surface area contributed by atoms with Crippen molar-refractivity contribution in [3.05, 3.63) is 59.2 Å². The van der Waals surface area contributed by atoms with Gasteiger partial charge >= 0.3 is 0 Å². The maximum absolute atomic E-state index is 12.5. The van der Waals surface area contributed by atoms with Crippen LogP contribution in [0.1, 0.15) is 55.1 Å². The molecule has 2 aromatic carbocycles. The first-order valence-electron chi connectivity index (χ1n) is 9.13. The molecular formula is C22H26N2OS. The highest BCUT2D eigenvalue weighted by molar-refractivity contribution is 7.99. The predicted octanol–water partition coefficient (Wildman–Crippen LogP) is 5.44. The molecule has 1 amide bonds. The van der Waals surface area contributed by atoms with Gasteiger partial charge in [0.05, 0.1) is 11.1 Å². The molecule has 1 N–H and O–H groups in total. The number of hydrogen-bond donors (Lipinski definition) is 1. The van der Waals surface area contributed by atoms with Crippen molar-refractivity contribution in [2.45, 2.75) is 49.8 Å². The van der Waals surface area contributed by atoms with Crippen LogP contribution in [0.15, 0.2) is 52.3 Å². The molecule has 2 rings (SSSR count). The van der Waals surface area contributed by atoms with Gasteiger partial charge in [-0.2, -0.15) is 5.26 Å². The molecule has 26 heavy (non-hydrogen) atoms. The Morgan fingerprint density at radius 1 is 1.19 bits per heavy atom. The van der Waals surface area contributed by atoms with E-state index >= 15 is 0 Å². The average Bonchev–Trinajstić information content (AvgIpc) is 2.62. The van der Waals surface area contributed by atoms with Gasteiger partial charge in [-0.05, 0) is 48.6 Å². The van der Waals surface area contributed by atoms with Crippen LogP contribution in [0, 0.1) is 17.2 Å². The van der Waals surface area contributed by atoms with Crippen molar-refractivity contribution < 1.29 is 4.79 Å². The van der Waals surface area contributed by atoms with E-state index < -0.39 is 0 Å². The van der Waals surface area contributed by atoms with E-state index in [2.05, 4.69) is 38.2 Å². The zero-order valence-electron chi connectivity index (χ0n) is 15.7. The SMILES string of the molecule is CCCCNC(=O)c1ccccc1Sc1cc(CC(C)C)ccc1C#N. The number of benzene rings is 2. The van der Waals surface area contributed by atoms with E-state index in [0.717, 1.165) is 29.1 Å². The smallest absolute Gasteiger partial charge is 0.252 e. The molecule has 4 heteroatoms. The molecule has 0 heterocycles. The second-order valence-electron chi connectivity index (χ2n) is 6.75. The van der Waals surface area contributed by atoms with E-state index in [-0.39, 0.29) is 5.91 Å². The fraction of sp³-hybridized carbons (Fsp3) is 0.364. The van der Waals surface area contributed by atoms with Crippen LogP contribution in [-0.2, 0) is 6.42 Å². The van der Waals surface area contributed by atoms with Crippen molar-refractivity contribution in [2.24, 2.45) is 5.92 Å². The summed E-state index contributed by atoms with van der Waals surface area (Å²) in [5.41, 5.74) is 2.52. The quantitative estimate of drug-likeness (QED) is 0.633. The maximum atomic E-state index is 12.5. The molecule has 0 aliphatic carbocycles. The van der Waals surface area contributed by atoms with Crippen molar-refractivity contribution in [1.82, 2.24) is 5.32 Å². The van der Waals surface area contributed by atoms with Crippen LogP contribution >= 0.6 is 11.8 Å². The number of rotatable bonds is 8. The Kier molecular flexibility index (Phi) is 7.74. The average molecular weight is 367 g/mol. The summed E-state index contributed by atoms with van der Waals surface area (Å²) in [5.74, 6) is 0.496. The Morgan fingerprint density at radius 3 is 2.65 bits per heavy atom. The van der Waals surface area contributed by atoms with Crippen LogP contribution in [0.3, 0.4) is 0 Å². The molecule has 0 radical (unpaired) electrons. The van der Waals surface area contributed by atoms with Crippen LogP contribution in [0.5, 0.6) is 0 Å². The van der Waals surface area contributed by atoms with Gasteiger partial charge in [-0.25, -0.2) is 0 Å². The van der Waals surface area contributed by atoms with E-state index in [0.29, 0.717) is 23.6 Å². The third-order valence-corrected chi connectivity index (χ3v) is 5.11. The third kappa shape index (κ3) is 5.64. The Balaban J connectivity index is 2.28. The summed E-state index contributed by atoms with van der Waals surface area (Å²) in [5, 5.41) is 12.4. The van der Waals surface area contributed by atoms with E-state index in [1.165, 1.54) is 17.3 Å². The number of carbonyl (C=O) groups is 1. The number of nitriles is 1. The number of nitrogens with one attached hydrogen (secondary N) is 1. The van der Waals surface area contributed by atoms with Crippen molar-refractivity contribution in [3.63, 3.8) is 0 Å². The van der Waals surface area contributed by atoms with Crippen LogP contribution in [0.4, 0.5) is 0 Å². The van der Waals surface area contributed by atoms with Crippen molar-refractivity contribution in [1.29, 1.82) is 5.26 Å². The lowest BCUT2D eigenvalue weighted by molar-refractivity contribution is 0.0950. The Bertz CT molecular complexity index is 793. The Morgan fingerprint density at radius 2 is 1.96 bits per heavy atom. The molecule has 136 valence electrons. The fourth-order valence-electron chi connectivity index (χ4n) is 2.68. The Hall–Kier alpha value is -2.25. The lowest BCUT2D eigenvalue weighted by Crippen LogP contribution is -2.24. The highest BCUT2D eigenvalue weighted by Gasteiger charge is 2.14. The van der Waals surface area contributed by atoms with Gasteiger partial charge in [0.25, 0.3) is 5.91 Å². The highest BCUT2D eigenvalue weighted by Crippen LogP contribution is 2.33. The summed E-state index contributed by atoms with van der Waals surface area (Å²) in [6, 6.07) is 15.8. The molecule has 0 aliphatic heterocycles. The van der Waals surface area contributed by atoms with Gasteiger partial charge in [-0.1, -0.05) is 57.2 Å². The summed E-state index contributed by atoms with van der Waals surface area (Å²) in [7, 11) is 0. The van der Waals surface area contributed by atoms with E-state index in [1.54, 1.807) is 0 Å². The van der Waals surface area contributed by atoms with Gasteiger partial charge in [-0.15, -0.1) is 0 Å². The normalized spacial score (nSPS) is 10.6. The van der Waals surface area contributed by atoms with Crippen molar-refractivity contribution in [2.75, 3.05) is 6.54 Å². The standard InChI is InChI=1S/C22H26N2OS/c1-4-5-12-24-22(25)19-8-6-7-9-20(19)26-21-14-17(13-16(2)3)10-11-18(21)15-23/h6-11,14,16H,4-5,12-13H2,1-3H3,(H,24,25). The number of amides is 1. The van der Waals surface area contributed by atoms with Gasteiger partial charge in [0.15, 0.2) is 0 Å². The summed E-state index contributed by atoms with van der Waals surface area (Å²) < 4.78 is 0. The summed E-state index contributed by atoms with van der Waals surface area (Å²) in [4.78, 5) is 14.3. The van der Waals surface area contributed by atoms with E-state index in [4.69, 9.17) is 0 Å². The number of nitrogens with zero attached hydrogens (tertiary/aromatic N) is 1. The predicted molar refractivity (Wildman–Crippen MR) is 108 cm³/mol. The van der Waals surface area contributed by atoms with Gasteiger partial charge in [0.1, 0.15) is 6.07 Å². The molecule has 0 spiro atoms. The second kappa shape index (κ2) is 10.0. The molecule has 0 saturated heterocycles. The summed E-state index contributed by atoms with van der Waals surface area (Å²) in [6.45, 7) is 7.15. The zero-order chi connectivity index (χ0) is 18.9. The molecular weight excluding hydrogens is 340 g/mol. The monoisotopic (exact) mass is 366 g/mol. The van der Waals surface area contributed by atoms with Crippen LogP contribution in [0.2, 0.25) is 0 Å². The summed E-state index contributed by atoms with van der Waals surface area (Å²) in [6.07, 6.45) is 2.99.